The zero-order chi connectivity index (χ0) is 17.0. The van der Waals surface area contributed by atoms with Gasteiger partial charge in [0.15, 0.2) is 0 Å². The number of benzene rings is 1. The van der Waals surface area contributed by atoms with Gasteiger partial charge in [-0.3, -0.25) is 0 Å². The van der Waals surface area contributed by atoms with E-state index in [4.69, 9.17) is 4.74 Å². The summed E-state index contributed by atoms with van der Waals surface area (Å²) < 4.78 is 32.1. The van der Waals surface area contributed by atoms with Crippen LogP contribution in [-0.4, -0.2) is 37.9 Å². The van der Waals surface area contributed by atoms with Crippen molar-refractivity contribution >= 4 is 16.0 Å². The van der Waals surface area contributed by atoms with Crippen molar-refractivity contribution in [3.8, 4) is 0 Å². The minimum Gasteiger partial charge on any atom is -0.459 e. The normalized spacial score (nSPS) is 20.7. The number of nitrogens with zero attached hydrogens (tertiary/aromatic N) is 1. The number of sulfonamides is 1. The van der Waals surface area contributed by atoms with E-state index in [1.54, 1.807) is 12.1 Å². The molecule has 2 aliphatic rings. The van der Waals surface area contributed by atoms with Crippen LogP contribution in [0, 0.1) is 0 Å². The van der Waals surface area contributed by atoms with Crippen molar-refractivity contribution in [3.63, 3.8) is 0 Å². The first-order valence-electron chi connectivity index (χ1n) is 8.88. The van der Waals surface area contributed by atoms with E-state index < -0.39 is 10.0 Å². The second-order valence-corrected chi connectivity index (χ2v) is 8.59. The Morgan fingerprint density at radius 1 is 0.917 bits per heavy atom. The van der Waals surface area contributed by atoms with Gasteiger partial charge in [-0.15, -0.1) is 0 Å². The largest absolute Gasteiger partial charge is 0.459 e. The molecule has 0 unspecified atom stereocenters. The summed E-state index contributed by atoms with van der Waals surface area (Å²) in [4.78, 5) is 12.5. The molecule has 1 aromatic rings. The molecule has 0 bridgehead atoms. The Hall–Kier alpha value is -1.40. The molecule has 1 aliphatic heterocycles. The van der Waals surface area contributed by atoms with Gasteiger partial charge in [0.1, 0.15) is 6.10 Å². The molecule has 1 heterocycles. The first kappa shape index (κ1) is 17.4. The van der Waals surface area contributed by atoms with E-state index in [-0.39, 0.29) is 17.0 Å². The monoisotopic (exact) mass is 351 g/mol. The van der Waals surface area contributed by atoms with Crippen LogP contribution >= 0.6 is 0 Å². The van der Waals surface area contributed by atoms with Crippen LogP contribution in [0.25, 0.3) is 0 Å². The number of esters is 1. The zero-order valence-corrected chi connectivity index (χ0v) is 14.8. The highest BCUT2D eigenvalue weighted by molar-refractivity contribution is 7.89. The van der Waals surface area contributed by atoms with Gasteiger partial charge in [-0.25, -0.2) is 13.2 Å². The summed E-state index contributed by atoms with van der Waals surface area (Å²) in [6, 6.07) is 6.14. The van der Waals surface area contributed by atoms with Crippen molar-refractivity contribution in [1.29, 1.82) is 0 Å². The van der Waals surface area contributed by atoms with Gasteiger partial charge < -0.3 is 4.74 Å². The Balaban J connectivity index is 1.66. The van der Waals surface area contributed by atoms with Gasteiger partial charge in [0.05, 0.1) is 10.5 Å². The minimum atomic E-state index is -3.43. The molecule has 0 N–H and O–H groups in total. The number of ether oxygens (including phenoxy) is 1. The van der Waals surface area contributed by atoms with E-state index in [1.807, 2.05) is 0 Å². The van der Waals surface area contributed by atoms with Crippen molar-refractivity contribution < 1.29 is 17.9 Å². The standard InChI is InChI=1S/C18H25NO4S/c20-18(23-16-7-3-1-2-4-8-16)15-9-11-17(12-10-15)24(21,22)19-13-5-6-14-19/h9-12,16H,1-8,13-14H2. The van der Waals surface area contributed by atoms with Crippen LogP contribution < -0.4 is 0 Å². The summed E-state index contributed by atoms with van der Waals surface area (Å²) in [5.41, 5.74) is 0.416. The van der Waals surface area contributed by atoms with Crippen molar-refractivity contribution in [2.45, 2.75) is 62.4 Å². The second kappa shape index (κ2) is 7.66. The highest BCUT2D eigenvalue weighted by atomic mass is 32.2. The van der Waals surface area contributed by atoms with Gasteiger partial charge in [0.25, 0.3) is 0 Å². The second-order valence-electron chi connectivity index (χ2n) is 6.65. The third kappa shape index (κ3) is 3.98. The molecule has 0 spiro atoms. The van der Waals surface area contributed by atoms with Crippen LogP contribution in [0.1, 0.15) is 61.7 Å². The molecule has 1 aliphatic carbocycles. The predicted molar refractivity (Wildman–Crippen MR) is 91.3 cm³/mol. The van der Waals surface area contributed by atoms with E-state index >= 15 is 0 Å². The van der Waals surface area contributed by atoms with Crippen molar-refractivity contribution in [2.75, 3.05) is 13.1 Å². The molecule has 1 saturated carbocycles. The molecule has 6 heteroatoms. The number of carbonyl (C=O) groups excluding carboxylic acids is 1. The first-order chi connectivity index (χ1) is 11.6. The average molecular weight is 351 g/mol. The van der Waals surface area contributed by atoms with Crippen LogP contribution in [0.5, 0.6) is 0 Å². The molecular formula is C18H25NO4S. The smallest absolute Gasteiger partial charge is 0.338 e. The predicted octanol–water partition coefficient (Wildman–Crippen LogP) is 3.35. The topological polar surface area (TPSA) is 63.7 Å². The average Bonchev–Trinajstić information content (AvgIpc) is 3.02. The lowest BCUT2D eigenvalue weighted by Crippen LogP contribution is -2.27. The Bertz CT molecular complexity index is 655. The van der Waals surface area contributed by atoms with Crippen LogP contribution in [0.4, 0.5) is 0 Å². The Labute approximate surface area is 144 Å². The van der Waals surface area contributed by atoms with Gasteiger partial charge >= 0.3 is 5.97 Å². The highest BCUT2D eigenvalue weighted by Gasteiger charge is 2.27. The molecule has 0 atom stereocenters. The SMILES string of the molecule is O=C(OC1CCCCCC1)c1ccc(S(=O)(=O)N2CCCC2)cc1. The lowest BCUT2D eigenvalue weighted by Gasteiger charge is -2.17. The summed E-state index contributed by atoms with van der Waals surface area (Å²) in [7, 11) is -3.43. The maximum atomic E-state index is 12.5. The summed E-state index contributed by atoms with van der Waals surface area (Å²) in [6.07, 6.45) is 8.27. The molecule has 1 aromatic carbocycles. The van der Waals surface area contributed by atoms with Crippen LogP contribution in [0.3, 0.4) is 0 Å². The van der Waals surface area contributed by atoms with Gasteiger partial charge in [-0.05, 0) is 62.8 Å². The molecule has 2 fully saturated rings. The maximum absolute atomic E-state index is 12.5. The molecule has 132 valence electrons. The van der Waals surface area contributed by atoms with Crippen LogP contribution in [0.2, 0.25) is 0 Å². The molecule has 0 aromatic heterocycles. The third-order valence-corrected chi connectivity index (χ3v) is 6.78. The molecule has 3 rings (SSSR count). The molecule has 24 heavy (non-hydrogen) atoms. The van der Waals surface area contributed by atoms with E-state index in [1.165, 1.54) is 29.3 Å². The third-order valence-electron chi connectivity index (χ3n) is 4.87. The van der Waals surface area contributed by atoms with E-state index in [0.717, 1.165) is 38.5 Å². The molecule has 0 radical (unpaired) electrons. The first-order valence-corrected chi connectivity index (χ1v) is 10.3. The summed E-state index contributed by atoms with van der Waals surface area (Å²) in [5.74, 6) is -0.355. The molecule has 5 nitrogen and oxygen atoms in total. The fourth-order valence-electron chi connectivity index (χ4n) is 3.42. The van der Waals surface area contributed by atoms with Gasteiger partial charge in [0, 0.05) is 13.1 Å². The van der Waals surface area contributed by atoms with Crippen LogP contribution in [-0.2, 0) is 14.8 Å². The highest BCUT2D eigenvalue weighted by Crippen LogP contribution is 2.23. The van der Waals surface area contributed by atoms with E-state index in [9.17, 15) is 13.2 Å². The Kier molecular flexibility index (Phi) is 5.56. The minimum absolute atomic E-state index is 0.00647. The van der Waals surface area contributed by atoms with Gasteiger partial charge in [-0.2, -0.15) is 4.31 Å². The van der Waals surface area contributed by atoms with Crippen molar-refractivity contribution in [3.05, 3.63) is 29.8 Å². The van der Waals surface area contributed by atoms with Crippen molar-refractivity contribution in [1.82, 2.24) is 4.31 Å². The molecule has 1 saturated heterocycles. The summed E-state index contributed by atoms with van der Waals surface area (Å²) in [6.45, 7) is 1.15. The van der Waals surface area contributed by atoms with E-state index in [2.05, 4.69) is 0 Å². The fourth-order valence-corrected chi connectivity index (χ4v) is 4.94. The van der Waals surface area contributed by atoms with Crippen LogP contribution in [0.15, 0.2) is 29.2 Å². The summed E-state index contributed by atoms with van der Waals surface area (Å²) >= 11 is 0. The maximum Gasteiger partial charge on any atom is 0.338 e. The molecular weight excluding hydrogens is 326 g/mol. The lowest BCUT2D eigenvalue weighted by atomic mass is 10.1. The van der Waals surface area contributed by atoms with Gasteiger partial charge in [0.2, 0.25) is 10.0 Å². The lowest BCUT2D eigenvalue weighted by molar-refractivity contribution is 0.0267. The van der Waals surface area contributed by atoms with Crippen molar-refractivity contribution in [2.24, 2.45) is 0 Å². The number of rotatable bonds is 4. The number of hydrogen-bond acceptors (Lipinski definition) is 4. The summed E-state index contributed by atoms with van der Waals surface area (Å²) in [5, 5.41) is 0. The quantitative estimate of drug-likeness (QED) is 0.616. The van der Waals surface area contributed by atoms with Gasteiger partial charge in [-0.1, -0.05) is 12.8 Å². The Morgan fingerprint density at radius 2 is 1.50 bits per heavy atom. The van der Waals surface area contributed by atoms with E-state index in [0.29, 0.717) is 18.7 Å². The molecule has 0 amide bonds. The number of hydrogen-bond donors (Lipinski definition) is 0. The zero-order valence-electron chi connectivity index (χ0n) is 13.9. The number of carbonyl (C=O) groups is 1. The Morgan fingerprint density at radius 3 is 2.08 bits per heavy atom. The fraction of sp³-hybridized carbons (Fsp3) is 0.611.